The molecule has 0 N–H and O–H groups in total. The summed E-state index contributed by atoms with van der Waals surface area (Å²) >= 11 is 1.73. The molecule has 6 heteroatoms. The Morgan fingerprint density at radius 1 is 1.18 bits per heavy atom. The summed E-state index contributed by atoms with van der Waals surface area (Å²) in [5.41, 5.74) is 1.33. The van der Waals surface area contributed by atoms with E-state index in [4.69, 9.17) is 4.74 Å². The molecule has 2 atom stereocenters. The van der Waals surface area contributed by atoms with Crippen molar-refractivity contribution < 1.29 is 4.74 Å². The highest BCUT2D eigenvalue weighted by atomic mass is 32.1. The van der Waals surface area contributed by atoms with E-state index in [9.17, 15) is 0 Å². The smallest absolute Gasteiger partial charge is 0.107 e. The number of pyridine rings is 1. The van der Waals surface area contributed by atoms with E-state index < -0.39 is 0 Å². The maximum Gasteiger partial charge on any atom is 0.107 e. The molecule has 116 valence electrons. The first-order valence-electron chi connectivity index (χ1n) is 7.74. The maximum absolute atomic E-state index is 6.01. The summed E-state index contributed by atoms with van der Waals surface area (Å²) in [6, 6.07) is 4.70. The molecule has 0 bridgehead atoms. The molecule has 4 rings (SSSR count). The topological polar surface area (TPSA) is 41.5 Å². The van der Waals surface area contributed by atoms with Gasteiger partial charge in [-0.1, -0.05) is 0 Å². The first kappa shape index (κ1) is 14.3. The van der Waals surface area contributed by atoms with Gasteiger partial charge < -0.3 is 4.74 Å². The minimum Gasteiger partial charge on any atom is -0.374 e. The molecule has 0 saturated carbocycles. The average molecular weight is 316 g/mol. The van der Waals surface area contributed by atoms with Crippen LogP contribution in [0.15, 0.2) is 36.1 Å². The molecule has 2 aromatic heterocycles. The van der Waals surface area contributed by atoms with Crippen molar-refractivity contribution in [2.45, 2.75) is 25.2 Å². The van der Waals surface area contributed by atoms with Crippen LogP contribution in [0.4, 0.5) is 0 Å². The number of thiazole rings is 1. The zero-order valence-electron chi connectivity index (χ0n) is 12.5. The number of aromatic nitrogens is 2. The number of hydrogen-bond donors (Lipinski definition) is 0. The fraction of sp³-hybridized carbons (Fsp3) is 0.500. The molecule has 0 aromatic carbocycles. The predicted molar refractivity (Wildman–Crippen MR) is 85.6 cm³/mol. The van der Waals surface area contributed by atoms with E-state index >= 15 is 0 Å². The molecule has 0 radical (unpaired) electrons. The summed E-state index contributed by atoms with van der Waals surface area (Å²) < 4.78 is 6.01. The van der Waals surface area contributed by atoms with E-state index in [0.29, 0.717) is 12.1 Å². The Bertz CT molecular complexity index is 591. The number of rotatable bonds is 4. The largest absolute Gasteiger partial charge is 0.374 e. The van der Waals surface area contributed by atoms with Gasteiger partial charge in [0.2, 0.25) is 0 Å². The Morgan fingerprint density at radius 3 is 2.91 bits per heavy atom. The van der Waals surface area contributed by atoms with Gasteiger partial charge in [-0.05, 0) is 17.7 Å². The molecule has 2 saturated heterocycles. The Morgan fingerprint density at radius 2 is 2.09 bits per heavy atom. The maximum atomic E-state index is 6.01. The van der Waals surface area contributed by atoms with Gasteiger partial charge in [0.15, 0.2) is 0 Å². The third-order valence-corrected chi connectivity index (χ3v) is 5.23. The second kappa shape index (κ2) is 6.42. The standard InChI is InChI=1S/C16H20N4OS/c1-3-17-4-2-13(1)9-20-6-7-21-15-11-19(10-14(15)20)12-16-18-5-8-22-16/h1-5,8,14-15H,6-7,9-12H2/t14-,15+/m1/s1. The van der Waals surface area contributed by atoms with Crippen LogP contribution in [0, 0.1) is 0 Å². The molecule has 2 fully saturated rings. The second-order valence-electron chi connectivity index (χ2n) is 5.92. The van der Waals surface area contributed by atoms with Gasteiger partial charge in [0, 0.05) is 50.1 Å². The van der Waals surface area contributed by atoms with E-state index in [1.807, 2.05) is 24.0 Å². The average Bonchev–Trinajstić information content (AvgIpc) is 3.18. The van der Waals surface area contributed by atoms with Crippen LogP contribution in [-0.2, 0) is 17.8 Å². The minimum absolute atomic E-state index is 0.329. The molecule has 2 aromatic rings. The van der Waals surface area contributed by atoms with Crippen LogP contribution in [0.1, 0.15) is 10.6 Å². The van der Waals surface area contributed by atoms with Crippen molar-refractivity contribution in [3.05, 3.63) is 46.7 Å². The van der Waals surface area contributed by atoms with Gasteiger partial charge in [0.05, 0.1) is 25.3 Å². The van der Waals surface area contributed by atoms with Crippen molar-refractivity contribution in [3.8, 4) is 0 Å². The third kappa shape index (κ3) is 3.05. The Balaban J connectivity index is 1.42. The van der Waals surface area contributed by atoms with Crippen LogP contribution < -0.4 is 0 Å². The first-order valence-corrected chi connectivity index (χ1v) is 8.62. The van der Waals surface area contributed by atoms with Gasteiger partial charge in [0.25, 0.3) is 0 Å². The lowest BCUT2D eigenvalue weighted by atomic mass is 10.1. The molecule has 0 amide bonds. The van der Waals surface area contributed by atoms with Crippen LogP contribution in [0.2, 0.25) is 0 Å². The lowest BCUT2D eigenvalue weighted by Crippen LogP contribution is -2.50. The van der Waals surface area contributed by atoms with Crippen molar-refractivity contribution in [2.75, 3.05) is 26.2 Å². The van der Waals surface area contributed by atoms with Crippen molar-refractivity contribution in [3.63, 3.8) is 0 Å². The van der Waals surface area contributed by atoms with Crippen molar-refractivity contribution in [2.24, 2.45) is 0 Å². The van der Waals surface area contributed by atoms with Crippen molar-refractivity contribution in [1.82, 2.24) is 19.8 Å². The zero-order chi connectivity index (χ0) is 14.8. The normalized spacial score (nSPS) is 26.2. The second-order valence-corrected chi connectivity index (χ2v) is 6.90. The summed E-state index contributed by atoms with van der Waals surface area (Å²) in [6.45, 7) is 5.84. The van der Waals surface area contributed by atoms with Gasteiger partial charge >= 0.3 is 0 Å². The highest BCUT2D eigenvalue weighted by molar-refractivity contribution is 7.09. The third-order valence-electron chi connectivity index (χ3n) is 4.47. The fourth-order valence-corrected chi connectivity index (χ4v) is 4.06. The quantitative estimate of drug-likeness (QED) is 0.857. The number of ether oxygens (including phenoxy) is 1. The van der Waals surface area contributed by atoms with Gasteiger partial charge in [-0.15, -0.1) is 11.3 Å². The highest BCUT2D eigenvalue weighted by Gasteiger charge is 2.39. The monoisotopic (exact) mass is 316 g/mol. The van der Waals surface area contributed by atoms with Crippen LogP contribution in [0.3, 0.4) is 0 Å². The van der Waals surface area contributed by atoms with E-state index in [1.54, 1.807) is 11.3 Å². The molecule has 2 aliphatic heterocycles. The van der Waals surface area contributed by atoms with Gasteiger partial charge in [-0.25, -0.2) is 4.98 Å². The zero-order valence-corrected chi connectivity index (χ0v) is 13.3. The Hall–Kier alpha value is -1.34. The summed E-state index contributed by atoms with van der Waals surface area (Å²) in [5, 5.41) is 3.24. The molecule has 2 aliphatic rings. The van der Waals surface area contributed by atoms with E-state index in [1.165, 1.54) is 10.6 Å². The number of nitrogens with zero attached hydrogens (tertiary/aromatic N) is 4. The molecule has 0 spiro atoms. The summed E-state index contributed by atoms with van der Waals surface area (Å²) in [5.74, 6) is 0. The van der Waals surface area contributed by atoms with Gasteiger partial charge in [0.1, 0.15) is 5.01 Å². The molecule has 22 heavy (non-hydrogen) atoms. The van der Waals surface area contributed by atoms with Gasteiger partial charge in [-0.3, -0.25) is 14.8 Å². The molecular formula is C16H20N4OS. The summed E-state index contributed by atoms with van der Waals surface area (Å²) in [6.07, 6.45) is 5.96. The van der Waals surface area contributed by atoms with E-state index in [-0.39, 0.29) is 0 Å². The highest BCUT2D eigenvalue weighted by Crippen LogP contribution is 2.25. The molecule has 0 unspecified atom stereocenters. The lowest BCUT2D eigenvalue weighted by Gasteiger charge is -2.36. The number of fused-ring (bicyclic) bond motifs is 1. The van der Waals surface area contributed by atoms with Crippen LogP contribution in [0.25, 0.3) is 0 Å². The summed E-state index contributed by atoms with van der Waals surface area (Å²) in [7, 11) is 0. The molecule has 0 aliphatic carbocycles. The molecular weight excluding hydrogens is 296 g/mol. The van der Waals surface area contributed by atoms with Crippen LogP contribution >= 0.6 is 11.3 Å². The fourth-order valence-electron chi connectivity index (χ4n) is 3.40. The first-order chi connectivity index (χ1) is 10.9. The van der Waals surface area contributed by atoms with Crippen molar-refractivity contribution >= 4 is 11.3 Å². The molecule has 4 heterocycles. The number of morpholine rings is 1. The molecule has 5 nitrogen and oxygen atoms in total. The Kier molecular flexibility index (Phi) is 4.16. The lowest BCUT2D eigenvalue weighted by molar-refractivity contribution is -0.0504. The minimum atomic E-state index is 0.329. The van der Waals surface area contributed by atoms with Crippen LogP contribution in [-0.4, -0.2) is 58.2 Å². The van der Waals surface area contributed by atoms with Crippen molar-refractivity contribution in [1.29, 1.82) is 0 Å². The van der Waals surface area contributed by atoms with E-state index in [0.717, 1.165) is 39.3 Å². The van der Waals surface area contributed by atoms with Gasteiger partial charge in [-0.2, -0.15) is 0 Å². The Labute approximate surface area is 134 Å². The number of likely N-dealkylation sites (tertiary alicyclic amines) is 1. The van der Waals surface area contributed by atoms with E-state index in [2.05, 4.69) is 31.9 Å². The van der Waals surface area contributed by atoms with Crippen LogP contribution in [0.5, 0.6) is 0 Å². The summed E-state index contributed by atoms with van der Waals surface area (Å²) in [4.78, 5) is 13.5. The predicted octanol–water partition coefficient (Wildman–Crippen LogP) is 1.62. The number of hydrogen-bond acceptors (Lipinski definition) is 6. The SMILES string of the molecule is c1cc(CN2CCO[C@H]3CN(Cc4nccs4)C[C@H]32)ccn1.